The Morgan fingerprint density at radius 1 is 1.50 bits per heavy atom. The van der Waals surface area contributed by atoms with E-state index in [4.69, 9.17) is 9.94 Å². The van der Waals surface area contributed by atoms with Gasteiger partial charge in [-0.15, -0.1) is 0 Å². The highest BCUT2D eigenvalue weighted by Gasteiger charge is 2.14. The Labute approximate surface area is 70.9 Å². The summed E-state index contributed by atoms with van der Waals surface area (Å²) >= 11 is 0. The fourth-order valence-electron chi connectivity index (χ4n) is 1.51. The number of fused-ring (bicyclic) bond motifs is 1. The summed E-state index contributed by atoms with van der Waals surface area (Å²) in [7, 11) is 0. The molecule has 0 saturated heterocycles. The molecule has 2 N–H and O–H groups in total. The first-order valence-corrected chi connectivity index (χ1v) is 4.02. The number of para-hydroxylation sites is 1. The van der Waals surface area contributed by atoms with Crippen molar-refractivity contribution in [3.63, 3.8) is 0 Å². The molecule has 12 heavy (non-hydrogen) atoms. The average Bonchev–Trinajstić information content (AvgIpc) is 2.53. The molecule has 0 fully saturated rings. The van der Waals surface area contributed by atoms with Crippen molar-refractivity contribution in [2.45, 2.75) is 13.0 Å². The lowest BCUT2D eigenvalue weighted by atomic mass is 10.1. The molecule has 1 heterocycles. The van der Waals surface area contributed by atoms with Crippen LogP contribution in [-0.4, -0.2) is 11.8 Å². The number of hydrogen-bond acceptors (Lipinski definition) is 3. The van der Waals surface area contributed by atoms with Crippen molar-refractivity contribution in [3.8, 4) is 5.75 Å². The highest BCUT2D eigenvalue weighted by Crippen LogP contribution is 2.28. The maximum Gasteiger partial charge on any atom is 0.127 e. The van der Waals surface area contributed by atoms with Gasteiger partial charge in [0.15, 0.2) is 0 Å². The molecule has 1 aromatic carbocycles. The lowest BCUT2D eigenvalue weighted by molar-refractivity contribution is 0.160. The molecule has 3 nitrogen and oxygen atoms in total. The molecule has 0 bridgehead atoms. The molecule has 0 spiro atoms. The molecule has 64 valence electrons. The molecule has 2 rings (SSSR count). The molecule has 0 amide bonds. The summed E-state index contributed by atoms with van der Waals surface area (Å²) in [6.45, 7) is 1.21. The zero-order valence-corrected chi connectivity index (χ0v) is 6.71. The minimum Gasteiger partial charge on any atom is -0.493 e. The van der Waals surface area contributed by atoms with Crippen LogP contribution >= 0.6 is 0 Å². The van der Waals surface area contributed by atoms with E-state index in [2.05, 4.69) is 11.5 Å². The highest BCUT2D eigenvalue weighted by molar-refractivity contribution is 5.43. The molecule has 0 radical (unpaired) electrons. The van der Waals surface area contributed by atoms with Crippen LogP contribution in [0.15, 0.2) is 18.2 Å². The van der Waals surface area contributed by atoms with Gasteiger partial charge in [-0.25, -0.2) is 5.48 Å². The topological polar surface area (TPSA) is 41.5 Å². The Bertz CT molecular complexity index is 286. The van der Waals surface area contributed by atoms with Gasteiger partial charge in [0.2, 0.25) is 0 Å². The normalized spacial score (nSPS) is 14.1. The summed E-state index contributed by atoms with van der Waals surface area (Å²) in [4.78, 5) is 0. The Kier molecular flexibility index (Phi) is 1.98. The standard InChI is InChI=1S/C9H11NO2/c11-10-6-8-3-1-2-7-4-5-12-9(7)8/h1-3,10-11H,4-6H2. The van der Waals surface area contributed by atoms with Gasteiger partial charge in [0.25, 0.3) is 0 Å². The van der Waals surface area contributed by atoms with E-state index in [1.54, 1.807) is 0 Å². The quantitative estimate of drug-likeness (QED) is 0.645. The van der Waals surface area contributed by atoms with Crippen LogP contribution in [0.5, 0.6) is 5.75 Å². The van der Waals surface area contributed by atoms with Gasteiger partial charge >= 0.3 is 0 Å². The molecule has 3 heteroatoms. The number of rotatable bonds is 2. The van der Waals surface area contributed by atoms with E-state index in [-0.39, 0.29) is 0 Å². The number of ether oxygens (including phenoxy) is 1. The predicted molar refractivity (Wildman–Crippen MR) is 44.3 cm³/mol. The van der Waals surface area contributed by atoms with Gasteiger partial charge in [-0.3, -0.25) is 0 Å². The van der Waals surface area contributed by atoms with Crippen LogP contribution in [0.3, 0.4) is 0 Å². The summed E-state index contributed by atoms with van der Waals surface area (Å²) in [6, 6.07) is 6.00. The van der Waals surface area contributed by atoms with E-state index in [0.717, 1.165) is 24.3 Å². The molecule has 1 aliphatic rings. The van der Waals surface area contributed by atoms with Gasteiger partial charge in [0.05, 0.1) is 6.61 Å². The van der Waals surface area contributed by atoms with Crippen LogP contribution in [0.25, 0.3) is 0 Å². The average molecular weight is 165 g/mol. The van der Waals surface area contributed by atoms with Crippen molar-refractivity contribution >= 4 is 0 Å². The fourth-order valence-corrected chi connectivity index (χ4v) is 1.51. The van der Waals surface area contributed by atoms with Crippen molar-refractivity contribution in [1.82, 2.24) is 5.48 Å². The Hall–Kier alpha value is -1.06. The highest BCUT2D eigenvalue weighted by atomic mass is 16.5. The van der Waals surface area contributed by atoms with E-state index >= 15 is 0 Å². The second-order valence-corrected chi connectivity index (χ2v) is 2.84. The lowest BCUT2D eigenvalue weighted by Crippen LogP contribution is -2.07. The number of nitrogens with one attached hydrogen (secondary N) is 1. The van der Waals surface area contributed by atoms with Crippen LogP contribution in [0, 0.1) is 0 Å². The van der Waals surface area contributed by atoms with Gasteiger partial charge in [-0.2, -0.15) is 0 Å². The zero-order valence-electron chi connectivity index (χ0n) is 6.71. The minimum atomic E-state index is 0.448. The third kappa shape index (κ3) is 1.17. The first-order valence-electron chi connectivity index (χ1n) is 4.02. The van der Waals surface area contributed by atoms with Crippen molar-refractivity contribution in [2.75, 3.05) is 6.61 Å². The summed E-state index contributed by atoms with van der Waals surface area (Å²) in [5, 5.41) is 8.55. The first kappa shape index (κ1) is 7.58. The fraction of sp³-hybridized carbons (Fsp3) is 0.333. The predicted octanol–water partition coefficient (Wildman–Crippen LogP) is 1.10. The molecule has 1 aliphatic heterocycles. The Morgan fingerprint density at radius 2 is 2.42 bits per heavy atom. The van der Waals surface area contributed by atoms with Crippen LogP contribution in [0.4, 0.5) is 0 Å². The van der Waals surface area contributed by atoms with E-state index in [1.165, 1.54) is 5.56 Å². The van der Waals surface area contributed by atoms with Gasteiger partial charge in [-0.1, -0.05) is 18.2 Å². The van der Waals surface area contributed by atoms with Crippen molar-refractivity contribution in [2.24, 2.45) is 0 Å². The summed E-state index contributed by atoms with van der Waals surface area (Å²) in [6.07, 6.45) is 0.981. The zero-order chi connectivity index (χ0) is 8.39. The van der Waals surface area contributed by atoms with Gasteiger partial charge in [-0.05, 0) is 5.56 Å². The van der Waals surface area contributed by atoms with E-state index in [9.17, 15) is 0 Å². The monoisotopic (exact) mass is 165 g/mol. The molecular formula is C9H11NO2. The third-order valence-electron chi connectivity index (χ3n) is 2.07. The molecule has 0 aliphatic carbocycles. The van der Waals surface area contributed by atoms with Gasteiger partial charge in [0.1, 0.15) is 5.75 Å². The SMILES string of the molecule is ONCc1cccc2c1OCC2. The van der Waals surface area contributed by atoms with Crippen LogP contribution in [-0.2, 0) is 13.0 Å². The molecule has 0 aromatic heterocycles. The maximum absolute atomic E-state index is 8.55. The Morgan fingerprint density at radius 3 is 3.25 bits per heavy atom. The molecule has 0 saturated carbocycles. The third-order valence-corrected chi connectivity index (χ3v) is 2.07. The van der Waals surface area contributed by atoms with E-state index in [0.29, 0.717) is 6.54 Å². The van der Waals surface area contributed by atoms with Crippen LogP contribution in [0.1, 0.15) is 11.1 Å². The molecular weight excluding hydrogens is 154 g/mol. The van der Waals surface area contributed by atoms with Crippen LogP contribution in [0.2, 0.25) is 0 Å². The number of benzene rings is 1. The smallest absolute Gasteiger partial charge is 0.127 e. The largest absolute Gasteiger partial charge is 0.493 e. The van der Waals surface area contributed by atoms with Gasteiger partial charge < -0.3 is 9.94 Å². The maximum atomic E-state index is 8.55. The van der Waals surface area contributed by atoms with Gasteiger partial charge in [0, 0.05) is 18.5 Å². The van der Waals surface area contributed by atoms with Crippen molar-refractivity contribution in [1.29, 1.82) is 0 Å². The minimum absolute atomic E-state index is 0.448. The second kappa shape index (κ2) is 3.13. The molecule has 1 aromatic rings. The number of hydrogen-bond donors (Lipinski definition) is 2. The van der Waals surface area contributed by atoms with E-state index in [1.807, 2.05) is 12.1 Å². The van der Waals surface area contributed by atoms with E-state index < -0.39 is 0 Å². The summed E-state index contributed by atoms with van der Waals surface area (Å²) < 4.78 is 5.43. The lowest BCUT2D eigenvalue weighted by Gasteiger charge is -2.05. The summed E-state index contributed by atoms with van der Waals surface area (Å²) in [5.74, 6) is 0.944. The second-order valence-electron chi connectivity index (χ2n) is 2.84. The summed E-state index contributed by atoms with van der Waals surface area (Å²) in [5.41, 5.74) is 4.39. The Balaban J connectivity index is 2.36. The van der Waals surface area contributed by atoms with Crippen molar-refractivity contribution < 1.29 is 9.94 Å². The first-order chi connectivity index (χ1) is 5.92. The van der Waals surface area contributed by atoms with Crippen molar-refractivity contribution in [3.05, 3.63) is 29.3 Å². The number of hydroxylamine groups is 1. The molecule has 0 atom stereocenters. The van der Waals surface area contributed by atoms with Crippen LogP contribution < -0.4 is 10.2 Å². The molecule has 0 unspecified atom stereocenters.